The Morgan fingerprint density at radius 1 is 1.11 bits per heavy atom. The number of carboxylic acids is 1. The molecule has 0 bridgehead atoms. The van der Waals surface area contributed by atoms with Crippen LogP contribution >= 0.6 is 23.2 Å². The van der Waals surface area contributed by atoms with Crippen molar-refractivity contribution < 1.29 is 32.6 Å². The molecule has 2 amide bonds. The fourth-order valence-electron chi connectivity index (χ4n) is 4.97. The molecule has 2 aromatic carbocycles. The zero-order valence-corrected chi connectivity index (χ0v) is 23.2. The van der Waals surface area contributed by atoms with Gasteiger partial charge in [0, 0.05) is 22.5 Å². The maximum Gasteiger partial charge on any atom is 0.322 e. The lowest BCUT2D eigenvalue weighted by Crippen LogP contribution is -2.74. The van der Waals surface area contributed by atoms with Crippen molar-refractivity contribution in [2.75, 3.05) is 13.7 Å². The number of sulfonamides is 1. The minimum absolute atomic E-state index is 0.0349. The summed E-state index contributed by atoms with van der Waals surface area (Å²) in [4.78, 5) is 41.7. The van der Waals surface area contributed by atoms with Gasteiger partial charge in [0.15, 0.2) is 0 Å². The van der Waals surface area contributed by atoms with Crippen molar-refractivity contribution >= 4 is 51.0 Å². The van der Waals surface area contributed by atoms with E-state index in [0.29, 0.717) is 10.6 Å². The molecule has 0 radical (unpaired) electrons. The maximum absolute atomic E-state index is 14.1. The first-order valence-electron chi connectivity index (χ1n) is 11.8. The number of carbonyl (C=O) groups is 3. The van der Waals surface area contributed by atoms with Crippen LogP contribution in [-0.2, 0) is 30.8 Å². The number of benzene rings is 2. The molecule has 0 spiro atoms. The van der Waals surface area contributed by atoms with E-state index in [2.05, 4.69) is 0 Å². The van der Waals surface area contributed by atoms with Crippen molar-refractivity contribution in [2.24, 2.45) is 0 Å². The van der Waals surface area contributed by atoms with Crippen LogP contribution in [-0.4, -0.2) is 83.4 Å². The summed E-state index contributed by atoms with van der Waals surface area (Å²) in [6.07, 6.45) is -1.82. The minimum Gasteiger partial charge on any atom is -0.495 e. The average molecular weight is 584 g/mol. The van der Waals surface area contributed by atoms with Crippen molar-refractivity contribution in [1.29, 1.82) is 0 Å². The smallest absolute Gasteiger partial charge is 0.322 e. The van der Waals surface area contributed by atoms with Crippen LogP contribution in [0.3, 0.4) is 0 Å². The van der Waals surface area contributed by atoms with Gasteiger partial charge in [-0.05, 0) is 49.7 Å². The number of hydrogen-bond acceptors (Lipinski definition) is 6. The highest BCUT2D eigenvalue weighted by atomic mass is 35.5. The van der Waals surface area contributed by atoms with Gasteiger partial charge in [-0.2, -0.15) is 4.31 Å². The molecule has 38 heavy (non-hydrogen) atoms. The largest absolute Gasteiger partial charge is 0.495 e. The fourth-order valence-corrected chi connectivity index (χ4v) is 7.23. The Morgan fingerprint density at radius 2 is 1.74 bits per heavy atom. The summed E-state index contributed by atoms with van der Waals surface area (Å²) < 4.78 is 34.3. The molecule has 4 rings (SSSR count). The lowest BCUT2D eigenvalue weighted by molar-refractivity contribution is -0.173. The molecular formula is C25H27Cl2N3O7S. The van der Waals surface area contributed by atoms with Gasteiger partial charge in [0.2, 0.25) is 21.8 Å². The molecule has 10 nitrogen and oxygen atoms in total. The number of fused-ring (bicyclic) bond motifs is 1. The van der Waals surface area contributed by atoms with Crippen LogP contribution in [0.2, 0.25) is 10.0 Å². The van der Waals surface area contributed by atoms with E-state index in [0.717, 1.165) is 4.31 Å². The second-order valence-corrected chi connectivity index (χ2v) is 12.1. The van der Waals surface area contributed by atoms with Gasteiger partial charge in [0.05, 0.1) is 20.1 Å². The lowest BCUT2D eigenvalue weighted by Gasteiger charge is -2.54. The third-order valence-electron chi connectivity index (χ3n) is 6.77. The molecule has 13 heteroatoms. The number of aliphatic carboxylic acids is 1. The molecule has 3 atom stereocenters. The Kier molecular flexibility index (Phi) is 7.94. The first kappa shape index (κ1) is 28.2. The number of ether oxygens (including phenoxy) is 1. The molecule has 2 aliphatic heterocycles. The van der Waals surface area contributed by atoms with Crippen molar-refractivity contribution in [2.45, 2.75) is 55.9 Å². The zero-order valence-electron chi connectivity index (χ0n) is 20.9. The molecule has 2 aromatic rings. The lowest BCUT2D eigenvalue weighted by atomic mass is 9.95. The number of methoxy groups -OCH3 is 1. The van der Waals surface area contributed by atoms with Gasteiger partial charge < -0.3 is 19.6 Å². The molecule has 2 aliphatic rings. The molecule has 0 saturated carbocycles. The highest BCUT2D eigenvalue weighted by molar-refractivity contribution is 7.89. The number of hydrogen-bond donors (Lipinski definition) is 1. The van der Waals surface area contributed by atoms with Crippen LogP contribution in [0.25, 0.3) is 0 Å². The van der Waals surface area contributed by atoms with Gasteiger partial charge in [0.1, 0.15) is 28.9 Å². The van der Waals surface area contributed by atoms with Gasteiger partial charge in [-0.25, -0.2) is 8.42 Å². The van der Waals surface area contributed by atoms with Gasteiger partial charge >= 0.3 is 5.97 Å². The highest BCUT2D eigenvalue weighted by Crippen LogP contribution is 2.38. The quantitative estimate of drug-likeness (QED) is 0.531. The summed E-state index contributed by atoms with van der Waals surface area (Å²) >= 11 is 12.1. The second kappa shape index (κ2) is 10.7. The van der Waals surface area contributed by atoms with E-state index in [1.165, 1.54) is 35.1 Å². The molecule has 2 fully saturated rings. The van der Waals surface area contributed by atoms with Crippen molar-refractivity contribution in [3.8, 4) is 5.75 Å². The molecule has 2 heterocycles. The third kappa shape index (κ3) is 5.07. The first-order valence-corrected chi connectivity index (χ1v) is 14.0. The number of nitrogens with zero attached hydrogens (tertiary/aromatic N) is 3. The van der Waals surface area contributed by atoms with E-state index >= 15 is 0 Å². The maximum atomic E-state index is 14.1. The number of piperazine rings is 1. The monoisotopic (exact) mass is 583 g/mol. The molecular weight excluding hydrogens is 557 g/mol. The number of carbonyl (C=O) groups excluding carboxylic acids is 2. The second-order valence-electron chi connectivity index (χ2n) is 9.40. The van der Waals surface area contributed by atoms with Crippen LogP contribution in [0.5, 0.6) is 5.75 Å². The van der Waals surface area contributed by atoms with E-state index in [-0.39, 0.29) is 40.6 Å². The molecule has 0 aromatic heterocycles. The summed E-state index contributed by atoms with van der Waals surface area (Å²) in [6, 6.07) is 7.64. The zero-order chi connectivity index (χ0) is 27.9. The van der Waals surface area contributed by atoms with Crippen LogP contribution < -0.4 is 4.74 Å². The molecule has 204 valence electrons. The molecule has 1 N–H and O–H groups in total. The van der Waals surface area contributed by atoms with Gasteiger partial charge in [-0.3, -0.25) is 14.4 Å². The Balaban J connectivity index is 1.88. The first-order chi connectivity index (χ1) is 17.9. The van der Waals surface area contributed by atoms with Gasteiger partial charge in [0.25, 0.3) is 0 Å². The minimum atomic E-state index is -4.59. The van der Waals surface area contributed by atoms with Crippen molar-refractivity contribution in [1.82, 2.24) is 14.1 Å². The standard InChI is InChI=1S/C25H27Cl2N3O7S/c1-14(2)28-13-22-29(18(24(28)32)10-15-4-6-16(26)7-5-15)23(31)12-19(25(33)34)30(22)38(35,36)21-11-17(27)8-9-20(21)37-3/h4-9,11,14,18-19,22H,10,12-13H2,1-3H3,(H,33,34). The molecule has 3 unspecified atom stereocenters. The molecule has 2 saturated heterocycles. The summed E-state index contributed by atoms with van der Waals surface area (Å²) in [5.74, 6) is -2.49. The van der Waals surface area contributed by atoms with E-state index in [9.17, 15) is 27.9 Å². The third-order valence-corrected chi connectivity index (χ3v) is 9.19. The average Bonchev–Trinajstić information content (AvgIpc) is 2.86. The Morgan fingerprint density at radius 3 is 2.32 bits per heavy atom. The molecule has 0 aliphatic carbocycles. The Labute approximate surface area is 230 Å². The summed E-state index contributed by atoms with van der Waals surface area (Å²) in [7, 11) is -3.31. The van der Waals surface area contributed by atoms with Crippen LogP contribution in [0.1, 0.15) is 25.8 Å². The number of carboxylic acid groups (broad SMARTS) is 1. The summed E-state index contributed by atoms with van der Waals surface area (Å²) in [6.45, 7) is 3.33. The Hall–Kier alpha value is -2.86. The predicted molar refractivity (Wildman–Crippen MR) is 139 cm³/mol. The van der Waals surface area contributed by atoms with E-state index in [4.69, 9.17) is 27.9 Å². The fraction of sp³-hybridized carbons (Fsp3) is 0.400. The normalized spacial score (nSPS) is 22.5. The summed E-state index contributed by atoms with van der Waals surface area (Å²) in [5.41, 5.74) is 0.705. The van der Waals surface area contributed by atoms with Crippen molar-refractivity contribution in [3.63, 3.8) is 0 Å². The Bertz CT molecular complexity index is 1370. The number of amides is 2. The van der Waals surface area contributed by atoms with Crippen molar-refractivity contribution in [3.05, 3.63) is 58.1 Å². The topological polar surface area (TPSA) is 125 Å². The van der Waals surface area contributed by atoms with Crippen LogP contribution in [0.4, 0.5) is 0 Å². The SMILES string of the molecule is COc1ccc(Cl)cc1S(=O)(=O)N1C(C(=O)O)CC(=O)N2C(Cc3ccc(Cl)cc3)C(=O)N(C(C)C)CC21. The number of halogens is 2. The van der Waals surface area contributed by atoms with Crippen LogP contribution in [0, 0.1) is 0 Å². The van der Waals surface area contributed by atoms with Crippen LogP contribution in [0.15, 0.2) is 47.4 Å². The number of rotatable bonds is 7. The summed E-state index contributed by atoms with van der Waals surface area (Å²) in [5, 5.41) is 10.6. The van der Waals surface area contributed by atoms with Gasteiger partial charge in [-0.1, -0.05) is 35.3 Å². The van der Waals surface area contributed by atoms with E-state index in [1.54, 1.807) is 38.1 Å². The predicted octanol–water partition coefficient (Wildman–Crippen LogP) is 2.87. The van der Waals surface area contributed by atoms with E-state index in [1.807, 2.05) is 0 Å². The van der Waals surface area contributed by atoms with E-state index < -0.39 is 46.6 Å². The van der Waals surface area contributed by atoms with Gasteiger partial charge in [-0.15, -0.1) is 0 Å². The highest BCUT2D eigenvalue weighted by Gasteiger charge is 2.56.